The average molecular weight is 511 g/mol. The Morgan fingerprint density at radius 2 is 0.806 bits per heavy atom. The molecule has 0 aliphatic carbocycles. The predicted molar refractivity (Wildman–Crippen MR) is 145 cm³/mol. The van der Waals surface area contributed by atoms with Gasteiger partial charge in [-0.2, -0.15) is 0 Å². The van der Waals surface area contributed by atoms with Crippen LogP contribution in [0.3, 0.4) is 0 Å². The van der Waals surface area contributed by atoms with Gasteiger partial charge in [-0.3, -0.25) is 19.2 Å². The Labute approximate surface area is 220 Å². The predicted octanol–water partition coefficient (Wildman–Crippen LogP) is 8.15. The Bertz CT molecular complexity index is 600. The maximum absolute atomic E-state index is 12.4. The molecule has 0 fully saturated rings. The van der Waals surface area contributed by atoms with E-state index in [4.69, 9.17) is 0 Å². The molecule has 6 heteroatoms. The van der Waals surface area contributed by atoms with Gasteiger partial charge in [-0.05, 0) is 25.7 Å². The third kappa shape index (κ3) is 20.5. The molecule has 2 N–H and O–H groups in total. The maximum Gasteiger partial charge on any atom is 0.306 e. The quantitative estimate of drug-likeness (QED) is 0.108. The van der Waals surface area contributed by atoms with Crippen LogP contribution in [-0.2, 0) is 19.2 Å². The lowest BCUT2D eigenvalue weighted by molar-refractivity contribution is -0.145. The molecule has 2 atom stereocenters. The number of carbonyl (C=O) groups is 4. The molecule has 0 heterocycles. The fraction of sp³-hybridized carbons (Fsp3) is 0.867. The van der Waals surface area contributed by atoms with Crippen molar-refractivity contribution in [1.29, 1.82) is 0 Å². The maximum atomic E-state index is 12.4. The molecule has 0 aliphatic heterocycles. The summed E-state index contributed by atoms with van der Waals surface area (Å²) in [6.07, 6.45) is 19.0. The number of hydrogen-bond donors (Lipinski definition) is 2. The monoisotopic (exact) mass is 510 g/mol. The second-order valence-corrected chi connectivity index (χ2v) is 10.6. The van der Waals surface area contributed by atoms with Crippen molar-refractivity contribution < 1.29 is 29.4 Å². The zero-order valence-electron chi connectivity index (χ0n) is 23.2. The number of Topliss-reactive ketones (excluding diaryl/α,β-unsaturated/α-hetero) is 2. The number of aliphatic carboxylic acids is 2. The molecule has 0 radical (unpaired) electrons. The van der Waals surface area contributed by atoms with Crippen molar-refractivity contribution in [3.8, 4) is 0 Å². The lowest BCUT2D eigenvalue weighted by Gasteiger charge is -2.14. The topological polar surface area (TPSA) is 109 Å². The summed E-state index contributed by atoms with van der Waals surface area (Å²) in [5.41, 5.74) is 0. The first-order chi connectivity index (χ1) is 17.3. The number of unbranched alkanes of at least 4 members (excludes halogenated alkanes) is 13. The van der Waals surface area contributed by atoms with Gasteiger partial charge in [-0.25, -0.2) is 0 Å². The van der Waals surface area contributed by atoms with Crippen LogP contribution in [0, 0.1) is 11.8 Å². The van der Waals surface area contributed by atoms with Gasteiger partial charge >= 0.3 is 11.9 Å². The summed E-state index contributed by atoms with van der Waals surface area (Å²) in [5, 5.41) is 18.9. The second-order valence-electron chi connectivity index (χ2n) is 10.6. The minimum absolute atomic E-state index is 0.0847. The highest BCUT2D eigenvalue weighted by Crippen LogP contribution is 2.21. The number of carbonyl (C=O) groups excluding carboxylic acids is 2. The van der Waals surface area contributed by atoms with Gasteiger partial charge in [0, 0.05) is 25.7 Å². The van der Waals surface area contributed by atoms with E-state index in [9.17, 15) is 29.4 Å². The summed E-state index contributed by atoms with van der Waals surface area (Å²) in [6, 6.07) is 0. The zero-order chi connectivity index (χ0) is 27.0. The summed E-state index contributed by atoms with van der Waals surface area (Å²) in [5.74, 6) is -3.45. The van der Waals surface area contributed by atoms with Crippen LogP contribution in [0.4, 0.5) is 0 Å². The molecular formula is C30H54O6. The van der Waals surface area contributed by atoms with E-state index in [1.165, 1.54) is 44.9 Å². The number of ketones is 2. The molecule has 0 saturated carbocycles. The number of hydrogen-bond acceptors (Lipinski definition) is 4. The van der Waals surface area contributed by atoms with Crippen LogP contribution in [-0.4, -0.2) is 33.7 Å². The Balaban J connectivity index is 4.01. The van der Waals surface area contributed by atoms with Gasteiger partial charge in [0.15, 0.2) is 0 Å². The number of carboxylic acids is 2. The van der Waals surface area contributed by atoms with Crippen molar-refractivity contribution in [2.45, 2.75) is 155 Å². The van der Waals surface area contributed by atoms with Gasteiger partial charge in [-0.1, -0.05) is 104 Å². The van der Waals surface area contributed by atoms with Crippen LogP contribution in [0.15, 0.2) is 0 Å². The highest BCUT2D eigenvalue weighted by atomic mass is 16.4. The van der Waals surface area contributed by atoms with Gasteiger partial charge in [0.1, 0.15) is 11.6 Å². The first kappa shape index (κ1) is 34.3. The second kappa shape index (κ2) is 23.7. The van der Waals surface area contributed by atoms with Crippen LogP contribution in [0.1, 0.15) is 155 Å². The van der Waals surface area contributed by atoms with Gasteiger partial charge in [0.2, 0.25) is 0 Å². The van der Waals surface area contributed by atoms with E-state index in [1.54, 1.807) is 0 Å². The molecule has 0 aromatic carbocycles. The minimum Gasteiger partial charge on any atom is -0.481 e. The number of rotatable bonds is 27. The number of carboxylic acid groups (broad SMARTS) is 2. The van der Waals surface area contributed by atoms with Crippen LogP contribution in [0.2, 0.25) is 0 Å². The zero-order valence-corrected chi connectivity index (χ0v) is 23.2. The van der Waals surface area contributed by atoms with Crippen LogP contribution in [0.25, 0.3) is 0 Å². The van der Waals surface area contributed by atoms with E-state index in [0.29, 0.717) is 37.9 Å². The molecule has 0 spiro atoms. The fourth-order valence-electron chi connectivity index (χ4n) is 4.72. The van der Waals surface area contributed by atoms with Gasteiger partial charge in [0.25, 0.3) is 0 Å². The molecule has 0 aromatic heterocycles. The summed E-state index contributed by atoms with van der Waals surface area (Å²) in [4.78, 5) is 47.6. The van der Waals surface area contributed by atoms with Crippen molar-refractivity contribution in [3.05, 3.63) is 0 Å². The summed E-state index contributed by atoms with van der Waals surface area (Å²) >= 11 is 0. The molecule has 0 saturated heterocycles. The lowest BCUT2D eigenvalue weighted by Crippen LogP contribution is -2.22. The largest absolute Gasteiger partial charge is 0.481 e. The highest BCUT2D eigenvalue weighted by Gasteiger charge is 2.25. The molecule has 0 bridgehead atoms. The normalized spacial score (nSPS) is 12.8. The molecule has 36 heavy (non-hydrogen) atoms. The van der Waals surface area contributed by atoms with Crippen molar-refractivity contribution in [1.82, 2.24) is 0 Å². The molecule has 0 aliphatic rings. The standard InChI is InChI=1S/C30H54O6/c1-3-5-7-9-10-11-12-13-17-21-27(31)22-18-14-16-20-26(30(35)36)24-28(32)23-25(29(33)34)19-15-8-6-4-2/h25-26H,3-24H2,1-2H3,(H,33,34)(H,35,36). The smallest absolute Gasteiger partial charge is 0.306 e. The van der Waals surface area contributed by atoms with Crippen molar-refractivity contribution >= 4 is 23.5 Å². The summed E-state index contributed by atoms with van der Waals surface area (Å²) in [7, 11) is 0. The molecule has 0 amide bonds. The van der Waals surface area contributed by atoms with Crippen molar-refractivity contribution in [2.24, 2.45) is 11.8 Å². The summed E-state index contributed by atoms with van der Waals surface area (Å²) < 4.78 is 0. The fourth-order valence-corrected chi connectivity index (χ4v) is 4.72. The van der Waals surface area contributed by atoms with Gasteiger partial charge < -0.3 is 10.2 Å². The Morgan fingerprint density at radius 1 is 0.472 bits per heavy atom. The molecule has 2 unspecified atom stereocenters. The molecule has 6 nitrogen and oxygen atoms in total. The van der Waals surface area contributed by atoms with E-state index in [-0.39, 0.29) is 18.6 Å². The first-order valence-corrected chi connectivity index (χ1v) is 14.8. The van der Waals surface area contributed by atoms with Crippen LogP contribution < -0.4 is 0 Å². The van der Waals surface area contributed by atoms with Crippen molar-refractivity contribution in [3.63, 3.8) is 0 Å². The molecule has 0 aromatic rings. The van der Waals surface area contributed by atoms with E-state index >= 15 is 0 Å². The van der Waals surface area contributed by atoms with E-state index < -0.39 is 23.8 Å². The van der Waals surface area contributed by atoms with Crippen LogP contribution >= 0.6 is 0 Å². The van der Waals surface area contributed by atoms with Crippen molar-refractivity contribution in [2.75, 3.05) is 0 Å². The molecule has 210 valence electrons. The average Bonchev–Trinajstić information content (AvgIpc) is 2.83. The van der Waals surface area contributed by atoms with Gasteiger partial charge in [-0.15, -0.1) is 0 Å². The van der Waals surface area contributed by atoms with E-state index in [0.717, 1.165) is 51.4 Å². The Hall–Kier alpha value is -1.72. The molecular weight excluding hydrogens is 456 g/mol. The Morgan fingerprint density at radius 3 is 1.19 bits per heavy atom. The van der Waals surface area contributed by atoms with Crippen LogP contribution in [0.5, 0.6) is 0 Å². The van der Waals surface area contributed by atoms with Gasteiger partial charge in [0.05, 0.1) is 11.8 Å². The highest BCUT2D eigenvalue weighted by molar-refractivity contribution is 5.87. The third-order valence-electron chi connectivity index (χ3n) is 7.12. The third-order valence-corrected chi connectivity index (χ3v) is 7.12. The summed E-state index contributed by atoms with van der Waals surface area (Å²) in [6.45, 7) is 4.31. The molecule has 0 rings (SSSR count). The first-order valence-electron chi connectivity index (χ1n) is 14.8. The van der Waals surface area contributed by atoms with E-state index in [2.05, 4.69) is 13.8 Å². The van der Waals surface area contributed by atoms with E-state index in [1.807, 2.05) is 0 Å². The minimum atomic E-state index is -1.00. The Kier molecular flexibility index (Phi) is 22.5. The SMILES string of the molecule is CCCCCCCCCCCC(=O)CCCCCC(CC(=O)CC(CCCCCC)C(=O)O)C(=O)O. The lowest BCUT2D eigenvalue weighted by atomic mass is 9.89.